The number of fused-ring (bicyclic) bond motifs is 1. The Hall–Kier alpha value is -1.51. The van der Waals surface area contributed by atoms with Crippen LogP contribution in [0.1, 0.15) is 50.9 Å². The maximum absolute atomic E-state index is 5.83. The Morgan fingerprint density at radius 1 is 1.35 bits per heavy atom. The van der Waals surface area contributed by atoms with Crippen LogP contribution in [0.5, 0.6) is 0 Å². The first-order valence-electron chi connectivity index (χ1n) is 6.44. The number of rotatable bonds is 2. The lowest BCUT2D eigenvalue weighted by Crippen LogP contribution is -2.19. The molecule has 3 nitrogen and oxygen atoms in total. The minimum Gasteiger partial charge on any atom is -0.399 e. The topological polar surface area (TPSA) is 43.8 Å². The van der Waals surface area contributed by atoms with E-state index < -0.39 is 0 Å². The van der Waals surface area contributed by atoms with Crippen LogP contribution in [0.2, 0.25) is 0 Å². The summed E-state index contributed by atoms with van der Waals surface area (Å²) in [4.78, 5) is 4.76. The van der Waals surface area contributed by atoms with Crippen molar-refractivity contribution in [3.63, 3.8) is 0 Å². The molecule has 0 atom stereocenters. The standard InChI is InChI=1S/C14H19N3/c1-9(2)14-16-12-8-10(15)6-7-13(12)17(14)11-4-3-5-11/h6-9,11H,3-5,15H2,1-2H3. The molecule has 0 saturated heterocycles. The third kappa shape index (κ3) is 1.61. The van der Waals surface area contributed by atoms with Crippen molar-refractivity contribution in [1.29, 1.82) is 0 Å². The predicted octanol–water partition coefficient (Wildman–Crippen LogP) is 3.47. The highest BCUT2D eigenvalue weighted by Crippen LogP contribution is 2.37. The number of imidazole rings is 1. The summed E-state index contributed by atoms with van der Waals surface area (Å²) >= 11 is 0. The Kier molecular flexibility index (Phi) is 2.35. The van der Waals surface area contributed by atoms with Crippen LogP contribution in [-0.2, 0) is 0 Å². The van der Waals surface area contributed by atoms with E-state index in [9.17, 15) is 0 Å². The maximum Gasteiger partial charge on any atom is 0.112 e. The molecule has 2 aromatic rings. The van der Waals surface area contributed by atoms with Crippen molar-refractivity contribution in [2.75, 3.05) is 5.73 Å². The highest BCUT2D eigenvalue weighted by Gasteiger charge is 2.25. The lowest BCUT2D eigenvalue weighted by Gasteiger charge is -2.30. The van der Waals surface area contributed by atoms with Crippen LogP contribution >= 0.6 is 0 Å². The molecule has 17 heavy (non-hydrogen) atoms. The molecule has 3 heteroatoms. The molecule has 1 fully saturated rings. The first-order valence-corrected chi connectivity index (χ1v) is 6.44. The molecule has 0 amide bonds. The van der Waals surface area contributed by atoms with Crippen molar-refractivity contribution in [1.82, 2.24) is 9.55 Å². The molecule has 0 radical (unpaired) electrons. The van der Waals surface area contributed by atoms with Gasteiger partial charge >= 0.3 is 0 Å². The second-order valence-electron chi connectivity index (χ2n) is 5.33. The highest BCUT2D eigenvalue weighted by molar-refractivity contribution is 5.80. The quantitative estimate of drug-likeness (QED) is 0.801. The monoisotopic (exact) mass is 229 g/mol. The van der Waals surface area contributed by atoms with E-state index in [0.29, 0.717) is 12.0 Å². The van der Waals surface area contributed by atoms with Gasteiger partial charge in [-0.3, -0.25) is 0 Å². The molecule has 0 unspecified atom stereocenters. The summed E-state index contributed by atoms with van der Waals surface area (Å²) in [5.41, 5.74) is 8.92. The van der Waals surface area contributed by atoms with Crippen LogP contribution in [-0.4, -0.2) is 9.55 Å². The highest BCUT2D eigenvalue weighted by atomic mass is 15.1. The molecule has 90 valence electrons. The third-order valence-corrected chi connectivity index (χ3v) is 3.70. The van der Waals surface area contributed by atoms with Crippen molar-refractivity contribution in [3.8, 4) is 0 Å². The van der Waals surface area contributed by atoms with Crippen molar-refractivity contribution in [2.24, 2.45) is 0 Å². The Morgan fingerprint density at radius 2 is 2.12 bits per heavy atom. The van der Waals surface area contributed by atoms with Crippen LogP contribution < -0.4 is 5.73 Å². The molecule has 1 saturated carbocycles. The molecular formula is C14H19N3. The van der Waals surface area contributed by atoms with Crippen LogP contribution in [0.3, 0.4) is 0 Å². The molecule has 0 bridgehead atoms. The van der Waals surface area contributed by atoms with Gasteiger partial charge in [-0.05, 0) is 37.5 Å². The SMILES string of the molecule is CC(C)c1nc2cc(N)ccc2n1C1CCC1. The van der Waals surface area contributed by atoms with Crippen LogP contribution in [0.25, 0.3) is 11.0 Å². The molecule has 1 aliphatic carbocycles. The zero-order valence-electron chi connectivity index (χ0n) is 10.5. The zero-order chi connectivity index (χ0) is 12.0. The van der Waals surface area contributed by atoms with E-state index in [1.54, 1.807) is 0 Å². The van der Waals surface area contributed by atoms with Gasteiger partial charge in [0.25, 0.3) is 0 Å². The van der Waals surface area contributed by atoms with Crippen molar-refractivity contribution in [2.45, 2.75) is 45.1 Å². The van der Waals surface area contributed by atoms with Gasteiger partial charge in [0.1, 0.15) is 5.82 Å². The second-order valence-corrected chi connectivity index (χ2v) is 5.33. The fraction of sp³-hybridized carbons (Fsp3) is 0.500. The Balaban J connectivity index is 2.23. The van der Waals surface area contributed by atoms with Gasteiger partial charge in [-0.2, -0.15) is 0 Å². The van der Waals surface area contributed by atoms with E-state index in [4.69, 9.17) is 10.7 Å². The number of nitrogens with two attached hydrogens (primary N) is 1. The van der Waals surface area contributed by atoms with E-state index in [1.807, 2.05) is 12.1 Å². The zero-order valence-corrected chi connectivity index (χ0v) is 10.5. The van der Waals surface area contributed by atoms with Gasteiger partial charge in [0, 0.05) is 17.6 Å². The van der Waals surface area contributed by atoms with E-state index in [-0.39, 0.29) is 0 Å². The summed E-state index contributed by atoms with van der Waals surface area (Å²) in [6, 6.07) is 6.72. The van der Waals surface area contributed by atoms with Gasteiger partial charge in [-0.1, -0.05) is 13.8 Å². The lowest BCUT2D eigenvalue weighted by molar-refractivity contribution is 0.310. The average molecular weight is 229 g/mol. The number of nitrogens with zero attached hydrogens (tertiary/aromatic N) is 2. The van der Waals surface area contributed by atoms with E-state index in [2.05, 4.69) is 24.5 Å². The third-order valence-electron chi connectivity index (χ3n) is 3.70. The van der Waals surface area contributed by atoms with Gasteiger partial charge in [0.2, 0.25) is 0 Å². The number of nitrogen functional groups attached to an aromatic ring is 1. The van der Waals surface area contributed by atoms with Gasteiger partial charge < -0.3 is 10.3 Å². The molecular weight excluding hydrogens is 210 g/mol. The fourth-order valence-electron chi connectivity index (χ4n) is 2.57. The number of benzene rings is 1. The number of hydrogen-bond acceptors (Lipinski definition) is 2. The van der Waals surface area contributed by atoms with Gasteiger partial charge in [-0.15, -0.1) is 0 Å². The summed E-state index contributed by atoms with van der Waals surface area (Å²) in [5, 5.41) is 0. The largest absolute Gasteiger partial charge is 0.399 e. The Labute approximate surface area is 102 Å². The van der Waals surface area contributed by atoms with Crippen LogP contribution in [0, 0.1) is 0 Å². The molecule has 1 aromatic heterocycles. The minimum absolute atomic E-state index is 0.462. The van der Waals surface area contributed by atoms with Gasteiger partial charge in [0.15, 0.2) is 0 Å². The molecule has 3 rings (SSSR count). The average Bonchev–Trinajstić information content (AvgIpc) is 2.54. The number of aromatic nitrogens is 2. The van der Waals surface area contributed by atoms with Crippen molar-refractivity contribution >= 4 is 16.7 Å². The lowest BCUT2D eigenvalue weighted by atomic mass is 9.92. The van der Waals surface area contributed by atoms with E-state index in [1.165, 1.54) is 30.6 Å². The molecule has 2 N–H and O–H groups in total. The van der Waals surface area contributed by atoms with E-state index in [0.717, 1.165) is 11.2 Å². The maximum atomic E-state index is 5.83. The van der Waals surface area contributed by atoms with Crippen LogP contribution in [0.15, 0.2) is 18.2 Å². The molecule has 1 aromatic carbocycles. The van der Waals surface area contributed by atoms with Crippen molar-refractivity contribution < 1.29 is 0 Å². The summed E-state index contributed by atoms with van der Waals surface area (Å²) < 4.78 is 2.43. The summed E-state index contributed by atoms with van der Waals surface area (Å²) in [6.45, 7) is 4.42. The smallest absolute Gasteiger partial charge is 0.112 e. The second kappa shape index (κ2) is 3.76. The fourth-order valence-corrected chi connectivity index (χ4v) is 2.57. The Morgan fingerprint density at radius 3 is 2.71 bits per heavy atom. The summed E-state index contributed by atoms with van der Waals surface area (Å²) in [6.07, 6.45) is 3.92. The first kappa shape index (κ1) is 10.6. The molecule has 0 spiro atoms. The summed E-state index contributed by atoms with van der Waals surface area (Å²) in [7, 11) is 0. The number of anilines is 1. The predicted molar refractivity (Wildman–Crippen MR) is 71.1 cm³/mol. The molecule has 0 aliphatic heterocycles. The number of hydrogen-bond donors (Lipinski definition) is 1. The molecule has 1 aliphatic rings. The van der Waals surface area contributed by atoms with Gasteiger partial charge in [0.05, 0.1) is 11.0 Å². The van der Waals surface area contributed by atoms with E-state index >= 15 is 0 Å². The van der Waals surface area contributed by atoms with Gasteiger partial charge in [-0.25, -0.2) is 4.98 Å². The normalized spacial score (nSPS) is 16.6. The Bertz CT molecular complexity index is 550. The minimum atomic E-state index is 0.462. The molecule has 1 heterocycles. The van der Waals surface area contributed by atoms with Crippen LogP contribution in [0.4, 0.5) is 5.69 Å². The van der Waals surface area contributed by atoms with Crippen molar-refractivity contribution in [3.05, 3.63) is 24.0 Å². The first-order chi connectivity index (χ1) is 8.16. The summed E-state index contributed by atoms with van der Waals surface area (Å²) in [5.74, 6) is 1.67.